The van der Waals surface area contributed by atoms with Gasteiger partial charge in [-0.1, -0.05) is 231 Å². The molecule has 0 aromatic rings. The van der Waals surface area contributed by atoms with Crippen molar-refractivity contribution in [2.75, 3.05) is 19.6 Å². The summed E-state index contributed by atoms with van der Waals surface area (Å²) in [6, 6.07) is 0. The third-order valence-corrected chi connectivity index (χ3v) is 11.6. The highest BCUT2D eigenvalue weighted by molar-refractivity contribution is 5.66. The predicted octanol–water partition coefficient (Wildman–Crippen LogP) is 17.6. The summed E-state index contributed by atoms with van der Waals surface area (Å²) < 4.78 is 0. The average molecular weight is 863 g/mol. The average Bonchev–Trinajstić information content (AvgIpc) is 3.25. The van der Waals surface area contributed by atoms with Crippen LogP contribution in [0, 0.1) is 0 Å². The molecule has 6 nitrogen and oxygen atoms in total. The highest BCUT2D eigenvalue weighted by Crippen LogP contribution is 2.14. The molecule has 61 heavy (non-hydrogen) atoms. The molecule has 0 radical (unpaired) electrons. The third-order valence-electron chi connectivity index (χ3n) is 11.6. The Morgan fingerprint density at radius 1 is 0.344 bits per heavy atom. The van der Waals surface area contributed by atoms with E-state index < -0.39 is 11.9 Å². The van der Waals surface area contributed by atoms with Gasteiger partial charge in [0.05, 0.1) is 0 Å². The van der Waals surface area contributed by atoms with Crippen LogP contribution in [-0.4, -0.2) is 41.8 Å². The number of carboxylic acids is 2. The Morgan fingerprint density at radius 2 is 0.574 bits per heavy atom. The molecule has 0 bridgehead atoms. The van der Waals surface area contributed by atoms with E-state index in [2.05, 4.69) is 50.4 Å². The number of nitrogens with one attached hydrogen (secondary N) is 1. The number of hydrogen-bond acceptors (Lipinski definition) is 4. The van der Waals surface area contributed by atoms with E-state index in [0.717, 1.165) is 45.2 Å². The smallest absolute Gasteiger partial charge is 0.303 e. The Labute approximate surface area is 382 Å². The lowest BCUT2D eigenvalue weighted by molar-refractivity contribution is -0.138. The van der Waals surface area contributed by atoms with Gasteiger partial charge in [-0.05, 0) is 96.7 Å². The molecule has 0 aromatic heterocycles. The van der Waals surface area contributed by atoms with Crippen LogP contribution in [0.5, 0.6) is 0 Å². The van der Waals surface area contributed by atoms with Gasteiger partial charge in [-0.2, -0.15) is 0 Å². The lowest BCUT2D eigenvalue weighted by Gasteiger charge is -2.04. The van der Waals surface area contributed by atoms with Crippen molar-refractivity contribution >= 4 is 11.9 Å². The highest BCUT2D eigenvalue weighted by Gasteiger charge is 1.98. The predicted molar refractivity (Wildman–Crippen MR) is 271 cm³/mol. The maximum absolute atomic E-state index is 10.3. The van der Waals surface area contributed by atoms with E-state index in [-0.39, 0.29) is 0 Å². The lowest BCUT2D eigenvalue weighted by atomic mass is 10.0. The van der Waals surface area contributed by atoms with Crippen LogP contribution in [0.1, 0.15) is 297 Å². The molecular weight excluding hydrogens is 753 g/mol. The van der Waals surface area contributed by atoms with Crippen LogP contribution in [0.2, 0.25) is 0 Å². The first-order valence-electron chi connectivity index (χ1n) is 27.1. The van der Waals surface area contributed by atoms with Crippen LogP contribution in [0.3, 0.4) is 0 Å². The van der Waals surface area contributed by atoms with Gasteiger partial charge in [0.2, 0.25) is 0 Å². The van der Waals surface area contributed by atoms with E-state index in [9.17, 15) is 9.59 Å². The minimum Gasteiger partial charge on any atom is -0.481 e. The van der Waals surface area contributed by atoms with Crippen molar-refractivity contribution in [1.29, 1.82) is 0 Å². The first-order valence-corrected chi connectivity index (χ1v) is 27.1. The van der Waals surface area contributed by atoms with Crippen molar-refractivity contribution in [3.8, 4) is 0 Å². The number of allylic oxidation sites excluding steroid dienone is 4. The van der Waals surface area contributed by atoms with E-state index in [1.807, 2.05) is 0 Å². The number of carboxylic acid groups (broad SMARTS) is 2. The second kappa shape index (κ2) is 62.6. The summed E-state index contributed by atoms with van der Waals surface area (Å²) in [6.07, 6.45) is 63.7. The molecule has 0 fully saturated rings. The molecule has 0 unspecified atom stereocenters. The second-order valence-corrected chi connectivity index (χ2v) is 17.9. The zero-order valence-corrected chi connectivity index (χ0v) is 41.6. The zero-order valence-electron chi connectivity index (χ0n) is 41.6. The van der Waals surface area contributed by atoms with E-state index in [4.69, 9.17) is 15.9 Å². The summed E-state index contributed by atoms with van der Waals surface area (Å²) in [5, 5.41) is 20.5. The summed E-state index contributed by atoms with van der Waals surface area (Å²) in [5.74, 6) is -1.33. The van der Waals surface area contributed by atoms with Crippen LogP contribution in [0.4, 0.5) is 0 Å². The Bertz CT molecular complexity index is 793. The number of unbranched alkanes of at least 4 members (excludes halogenated alkanes) is 35. The summed E-state index contributed by atoms with van der Waals surface area (Å²) in [7, 11) is 0. The SMILES string of the molecule is CCCCCCCCC=CCCCCCCCC(=O)O.CCCCCCCCC=CCCCCCCCC(=O)O.CCCCCCCCCCCCCCCCNCCCN. The number of nitrogens with two attached hydrogens (primary N) is 1. The molecule has 0 atom stereocenters. The fourth-order valence-electron chi connectivity index (χ4n) is 7.49. The van der Waals surface area contributed by atoms with Gasteiger partial charge >= 0.3 is 11.9 Å². The minimum atomic E-state index is -0.664. The highest BCUT2D eigenvalue weighted by atomic mass is 16.4. The topological polar surface area (TPSA) is 113 Å². The van der Waals surface area contributed by atoms with Crippen molar-refractivity contribution in [2.24, 2.45) is 5.73 Å². The monoisotopic (exact) mass is 863 g/mol. The third kappa shape index (κ3) is 73.1. The van der Waals surface area contributed by atoms with Gasteiger partial charge in [0.25, 0.3) is 0 Å². The molecule has 0 amide bonds. The van der Waals surface area contributed by atoms with Gasteiger partial charge in [0, 0.05) is 12.8 Å². The normalized spacial score (nSPS) is 11.2. The molecule has 0 spiro atoms. The number of hydrogen-bond donors (Lipinski definition) is 4. The van der Waals surface area contributed by atoms with E-state index >= 15 is 0 Å². The van der Waals surface area contributed by atoms with Crippen molar-refractivity contribution in [3.63, 3.8) is 0 Å². The lowest BCUT2D eigenvalue weighted by Crippen LogP contribution is -2.19. The Morgan fingerprint density at radius 3 is 0.836 bits per heavy atom. The summed E-state index contributed by atoms with van der Waals surface area (Å²) >= 11 is 0. The van der Waals surface area contributed by atoms with Gasteiger partial charge in [-0.3, -0.25) is 9.59 Å². The summed E-state index contributed by atoms with van der Waals surface area (Å²) in [4.78, 5) is 20.6. The zero-order chi connectivity index (χ0) is 45.2. The van der Waals surface area contributed by atoms with E-state index in [0.29, 0.717) is 12.8 Å². The Hall–Kier alpha value is -1.66. The number of aliphatic carboxylic acids is 2. The van der Waals surface area contributed by atoms with E-state index in [1.165, 1.54) is 238 Å². The van der Waals surface area contributed by atoms with Gasteiger partial charge < -0.3 is 21.3 Å². The van der Waals surface area contributed by atoms with Crippen molar-refractivity contribution in [2.45, 2.75) is 297 Å². The largest absolute Gasteiger partial charge is 0.481 e. The van der Waals surface area contributed by atoms with Gasteiger partial charge in [0.1, 0.15) is 0 Å². The van der Waals surface area contributed by atoms with Crippen molar-refractivity contribution in [1.82, 2.24) is 5.32 Å². The minimum absolute atomic E-state index is 0.332. The Kier molecular flexibility index (Phi) is 65.3. The molecule has 0 rings (SSSR count). The number of carbonyl (C=O) groups is 2. The fourth-order valence-corrected chi connectivity index (χ4v) is 7.49. The molecule has 0 aliphatic rings. The van der Waals surface area contributed by atoms with Crippen LogP contribution < -0.4 is 11.1 Å². The summed E-state index contributed by atoms with van der Waals surface area (Å²) in [5.41, 5.74) is 5.45. The van der Waals surface area contributed by atoms with Crippen LogP contribution in [0.25, 0.3) is 0 Å². The molecule has 0 heterocycles. The molecule has 5 N–H and O–H groups in total. The molecule has 6 heteroatoms. The van der Waals surface area contributed by atoms with Gasteiger partial charge in [-0.15, -0.1) is 0 Å². The van der Waals surface area contributed by atoms with E-state index in [1.54, 1.807) is 0 Å². The first kappa shape index (κ1) is 63.6. The number of rotatable bonds is 48. The molecule has 364 valence electrons. The second-order valence-electron chi connectivity index (χ2n) is 17.9. The molecular formula is C55H110N2O4. The molecule has 0 saturated carbocycles. The molecule has 0 saturated heterocycles. The quantitative estimate of drug-likeness (QED) is 0.0358. The Balaban J connectivity index is -0.000000828. The van der Waals surface area contributed by atoms with Crippen LogP contribution >= 0.6 is 0 Å². The van der Waals surface area contributed by atoms with Crippen LogP contribution in [-0.2, 0) is 9.59 Å². The van der Waals surface area contributed by atoms with Gasteiger partial charge in [-0.25, -0.2) is 0 Å². The molecule has 0 aliphatic heterocycles. The molecule has 0 aromatic carbocycles. The van der Waals surface area contributed by atoms with Crippen molar-refractivity contribution < 1.29 is 19.8 Å². The van der Waals surface area contributed by atoms with Crippen LogP contribution in [0.15, 0.2) is 24.3 Å². The maximum atomic E-state index is 10.3. The fraction of sp³-hybridized carbons (Fsp3) is 0.891. The standard InChI is InChI=1S/C19H42N2.2C18H34O2/c1-2-3-4-5-6-7-8-9-10-11-12-13-14-15-18-21-19-16-17-20;2*1-2-3-4-5-6-7-8-9-10-11-12-13-14-15-16-17-18(19)20/h21H,2-20H2,1H3;2*9-10H,2-8,11-17H2,1H3,(H,19,20). The summed E-state index contributed by atoms with van der Waals surface area (Å²) in [6.45, 7) is 9.89. The molecule has 0 aliphatic carbocycles. The maximum Gasteiger partial charge on any atom is 0.303 e. The van der Waals surface area contributed by atoms with Crippen molar-refractivity contribution in [3.05, 3.63) is 24.3 Å². The van der Waals surface area contributed by atoms with Gasteiger partial charge in [0.15, 0.2) is 0 Å². The first-order chi connectivity index (χ1) is 30.0.